The van der Waals surface area contributed by atoms with Gasteiger partial charge in [0, 0.05) is 17.1 Å². The van der Waals surface area contributed by atoms with Crippen LogP contribution >= 0.6 is 31.9 Å². The molecule has 1 amide bonds. The minimum Gasteiger partial charge on any atom is -0.493 e. The van der Waals surface area contributed by atoms with Gasteiger partial charge in [-0.1, -0.05) is 30.3 Å². The van der Waals surface area contributed by atoms with Crippen molar-refractivity contribution in [2.24, 2.45) is 5.10 Å². The highest BCUT2D eigenvalue weighted by Gasteiger charge is 2.18. The highest BCUT2D eigenvalue weighted by molar-refractivity contribution is 9.10. The number of nitrogens with one attached hydrogen (secondary N) is 1. The van der Waals surface area contributed by atoms with Gasteiger partial charge >= 0.3 is 0 Å². The van der Waals surface area contributed by atoms with Crippen molar-refractivity contribution >= 4 is 44.0 Å². The topological polar surface area (TPSA) is 115 Å². The van der Waals surface area contributed by atoms with Gasteiger partial charge in [0.05, 0.1) is 30.1 Å². The molecule has 3 rings (SSSR count). The summed E-state index contributed by atoms with van der Waals surface area (Å²) in [7, 11) is 3.07. The number of hydrogen-bond donors (Lipinski definition) is 1. The molecule has 3 aromatic rings. The summed E-state index contributed by atoms with van der Waals surface area (Å²) >= 11 is 6.92. The Morgan fingerprint density at radius 2 is 1.92 bits per heavy atom. The summed E-state index contributed by atoms with van der Waals surface area (Å²) in [5, 5.41) is 13.5. The third kappa shape index (κ3) is 7.52. The molecule has 0 aliphatic carbocycles. The zero-order valence-electron chi connectivity index (χ0n) is 20.4. The predicted molar refractivity (Wildman–Crippen MR) is 145 cm³/mol. The van der Waals surface area contributed by atoms with Crippen LogP contribution in [0.1, 0.15) is 27.9 Å². The number of pyridine rings is 1. The molecule has 0 spiro atoms. The Kier molecular flexibility index (Phi) is 10.4. The van der Waals surface area contributed by atoms with E-state index in [0.717, 1.165) is 5.56 Å². The lowest BCUT2D eigenvalue weighted by Crippen LogP contribution is -2.25. The Morgan fingerprint density at radius 3 is 2.59 bits per heavy atom. The first-order valence-electron chi connectivity index (χ1n) is 10.9. The Labute approximate surface area is 231 Å². The smallest absolute Gasteiger partial charge is 0.278 e. The van der Waals surface area contributed by atoms with E-state index in [4.69, 9.17) is 18.9 Å². The third-order valence-corrected chi connectivity index (χ3v) is 6.63. The van der Waals surface area contributed by atoms with Gasteiger partial charge in [-0.3, -0.25) is 4.79 Å². The quantitative estimate of drug-likeness (QED) is 0.233. The number of methoxy groups -OCH3 is 2. The second-order valence-electron chi connectivity index (χ2n) is 7.60. The fourth-order valence-electron chi connectivity index (χ4n) is 3.24. The second-order valence-corrected chi connectivity index (χ2v) is 9.25. The molecule has 0 saturated heterocycles. The summed E-state index contributed by atoms with van der Waals surface area (Å²) in [4.78, 5) is 16.5. The normalized spacial score (nSPS) is 10.7. The van der Waals surface area contributed by atoms with Crippen molar-refractivity contribution in [1.82, 2.24) is 10.4 Å². The maximum atomic E-state index is 12.3. The number of rotatable bonds is 11. The first kappa shape index (κ1) is 28.1. The number of aromatic nitrogens is 1. The van der Waals surface area contributed by atoms with E-state index in [2.05, 4.69) is 53.4 Å². The molecule has 9 nitrogen and oxygen atoms in total. The largest absolute Gasteiger partial charge is 0.493 e. The third-order valence-electron chi connectivity index (χ3n) is 4.99. The number of aryl methyl sites for hydroxylation is 1. The van der Waals surface area contributed by atoms with E-state index in [1.807, 2.05) is 30.3 Å². The molecule has 2 aromatic carbocycles. The number of ether oxygens (including phenoxy) is 4. The Morgan fingerprint density at radius 1 is 1.16 bits per heavy atom. The molecular weight excluding hydrogens is 608 g/mol. The van der Waals surface area contributed by atoms with Gasteiger partial charge in [-0.2, -0.15) is 10.4 Å². The summed E-state index contributed by atoms with van der Waals surface area (Å²) in [6.07, 6.45) is 1.46. The van der Waals surface area contributed by atoms with Crippen LogP contribution in [-0.4, -0.2) is 37.9 Å². The maximum Gasteiger partial charge on any atom is 0.278 e. The molecule has 37 heavy (non-hydrogen) atoms. The van der Waals surface area contributed by atoms with Gasteiger partial charge in [-0.05, 0) is 62.0 Å². The van der Waals surface area contributed by atoms with E-state index in [1.54, 1.807) is 26.2 Å². The molecule has 1 N–H and O–H groups in total. The molecule has 0 fully saturated rings. The molecule has 0 unspecified atom stereocenters. The summed E-state index contributed by atoms with van der Waals surface area (Å²) in [6.45, 7) is 1.94. The fraction of sp³-hybridized carbons (Fsp3) is 0.231. The molecule has 0 bridgehead atoms. The Balaban J connectivity index is 1.63. The molecule has 0 aliphatic rings. The van der Waals surface area contributed by atoms with Crippen LogP contribution in [0.3, 0.4) is 0 Å². The number of nitrogens with zero attached hydrogens (tertiary/aromatic N) is 3. The van der Waals surface area contributed by atoms with E-state index in [-0.39, 0.29) is 24.7 Å². The van der Waals surface area contributed by atoms with Crippen LogP contribution in [0.25, 0.3) is 0 Å². The molecule has 1 aromatic heterocycles. The van der Waals surface area contributed by atoms with Gasteiger partial charge in [0.15, 0.2) is 18.1 Å². The zero-order chi connectivity index (χ0) is 26.8. The lowest BCUT2D eigenvalue weighted by atomic mass is 10.1. The number of hydrazone groups is 1. The van der Waals surface area contributed by atoms with Gasteiger partial charge < -0.3 is 18.9 Å². The zero-order valence-corrected chi connectivity index (χ0v) is 23.6. The van der Waals surface area contributed by atoms with Crippen LogP contribution in [0.2, 0.25) is 0 Å². The summed E-state index contributed by atoms with van der Waals surface area (Å²) in [5.74, 6) is 0.590. The van der Waals surface area contributed by atoms with Crippen molar-refractivity contribution in [3.05, 3.63) is 79.4 Å². The number of hydrogen-bond acceptors (Lipinski definition) is 8. The second kappa shape index (κ2) is 13.7. The molecule has 0 aliphatic heterocycles. The van der Waals surface area contributed by atoms with Crippen molar-refractivity contribution in [3.63, 3.8) is 0 Å². The number of carbonyl (C=O) groups is 1. The minimum absolute atomic E-state index is 0.0501. The van der Waals surface area contributed by atoms with Crippen molar-refractivity contribution in [1.29, 1.82) is 5.26 Å². The van der Waals surface area contributed by atoms with Crippen LogP contribution in [-0.2, 0) is 22.7 Å². The van der Waals surface area contributed by atoms with Crippen molar-refractivity contribution in [2.45, 2.75) is 20.1 Å². The number of nitriles is 1. The Bertz CT molecular complexity index is 1330. The van der Waals surface area contributed by atoms with Crippen molar-refractivity contribution < 1.29 is 23.7 Å². The summed E-state index contributed by atoms with van der Waals surface area (Å²) in [5.41, 5.74) is 5.49. The van der Waals surface area contributed by atoms with E-state index in [0.29, 0.717) is 43.9 Å². The van der Waals surface area contributed by atoms with E-state index >= 15 is 0 Å². The summed E-state index contributed by atoms with van der Waals surface area (Å²) in [6, 6.07) is 15.4. The van der Waals surface area contributed by atoms with Crippen LogP contribution < -0.4 is 19.6 Å². The lowest BCUT2D eigenvalue weighted by molar-refractivity contribution is -0.123. The molecule has 0 radical (unpaired) electrons. The fourth-order valence-corrected chi connectivity index (χ4v) is 4.22. The van der Waals surface area contributed by atoms with Gasteiger partial charge in [0.2, 0.25) is 5.88 Å². The SMILES string of the molecule is COCc1c(Br)c(C)nc(OCC(=O)N/N=C/c2cc(Br)c(OCc3ccccc3)c(OC)c2)c1C#N. The standard InChI is InChI=1S/C26H24Br2N4O5/c1-16-24(28)20(14-34-2)19(11-29)26(31-16)37-15-23(33)32-30-12-18-9-21(27)25(22(10-18)35-3)36-13-17-7-5-4-6-8-17/h4-10,12H,13-15H2,1-3H3,(H,32,33)/b30-12+. The first-order valence-corrected chi connectivity index (χ1v) is 12.5. The molecule has 0 saturated carbocycles. The number of halogens is 2. The molecule has 192 valence electrons. The predicted octanol–water partition coefficient (Wildman–Crippen LogP) is 5.05. The van der Waals surface area contributed by atoms with Crippen LogP contribution in [0, 0.1) is 18.3 Å². The van der Waals surface area contributed by atoms with Gasteiger partial charge in [0.25, 0.3) is 5.91 Å². The lowest BCUT2D eigenvalue weighted by Gasteiger charge is -2.13. The van der Waals surface area contributed by atoms with Crippen molar-refractivity contribution in [2.75, 3.05) is 20.8 Å². The molecule has 11 heteroatoms. The first-order chi connectivity index (χ1) is 17.9. The van der Waals surface area contributed by atoms with Gasteiger partial charge in [-0.15, -0.1) is 0 Å². The average molecular weight is 632 g/mol. The van der Waals surface area contributed by atoms with Crippen LogP contribution in [0.5, 0.6) is 17.4 Å². The van der Waals surface area contributed by atoms with E-state index in [1.165, 1.54) is 13.3 Å². The maximum absolute atomic E-state index is 12.3. The minimum atomic E-state index is -0.523. The van der Waals surface area contributed by atoms with E-state index < -0.39 is 5.91 Å². The van der Waals surface area contributed by atoms with Crippen LogP contribution in [0.4, 0.5) is 0 Å². The van der Waals surface area contributed by atoms with Crippen molar-refractivity contribution in [3.8, 4) is 23.4 Å². The highest BCUT2D eigenvalue weighted by atomic mass is 79.9. The van der Waals surface area contributed by atoms with Gasteiger partial charge in [0.1, 0.15) is 18.2 Å². The molecular formula is C26H24Br2N4O5. The van der Waals surface area contributed by atoms with Gasteiger partial charge in [-0.25, -0.2) is 10.4 Å². The molecule has 0 atom stereocenters. The van der Waals surface area contributed by atoms with Crippen LogP contribution in [0.15, 0.2) is 56.5 Å². The monoisotopic (exact) mass is 630 g/mol. The average Bonchev–Trinajstić information content (AvgIpc) is 2.90. The van der Waals surface area contributed by atoms with E-state index in [9.17, 15) is 10.1 Å². The molecule has 1 heterocycles. The Hall–Kier alpha value is -3.46. The highest BCUT2D eigenvalue weighted by Crippen LogP contribution is 2.37. The number of benzene rings is 2. The number of amides is 1. The number of carbonyl (C=O) groups excluding carboxylic acids is 1. The summed E-state index contributed by atoms with van der Waals surface area (Å²) < 4.78 is 23.4.